The van der Waals surface area contributed by atoms with Crippen LogP contribution in [-0.2, 0) is 4.43 Å². The summed E-state index contributed by atoms with van der Waals surface area (Å²) < 4.78 is 11.4. The number of nitrogens with zero attached hydrogens (tertiary/aromatic N) is 1. The molecule has 0 radical (unpaired) electrons. The molecule has 0 aliphatic rings. The standard InChI is InChI=1S/C17H28N2O2Si/c1-13(21-22(6,7)17(2,3)4)16(12-18)19-14-8-10-15(20-5)11-9-14/h8-11,13,16,19H,1-7H3/t13-,16-/m0/s1. The highest BCUT2D eigenvalue weighted by atomic mass is 28.4. The number of nitrogens with one attached hydrogen (secondary N) is 1. The molecule has 0 heterocycles. The molecule has 0 bridgehead atoms. The lowest BCUT2D eigenvalue weighted by Gasteiger charge is -2.39. The van der Waals surface area contributed by atoms with E-state index < -0.39 is 8.32 Å². The summed E-state index contributed by atoms with van der Waals surface area (Å²) >= 11 is 0. The predicted octanol–water partition coefficient (Wildman–Crippen LogP) is 4.41. The molecule has 0 fully saturated rings. The Labute approximate surface area is 135 Å². The van der Waals surface area contributed by atoms with Gasteiger partial charge in [-0.25, -0.2) is 0 Å². The van der Waals surface area contributed by atoms with Gasteiger partial charge in [0, 0.05) is 5.69 Å². The van der Waals surface area contributed by atoms with E-state index in [0.29, 0.717) is 0 Å². The highest BCUT2D eigenvalue weighted by Crippen LogP contribution is 2.37. The Kier molecular flexibility index (Phi) is 6.04. The molecule has 0 unspecified atom stereocenters. The van der Waals surface area contributed by atoms with Crippen LogP contribution in [0.4, 0.5) is 5.69 Å². The number of hydrogen-bond donors (Lipinski definition) is 1. The van der Waals surface area contributed by atoms with Crippen molar-refractivity contribution < 1.29 is 9.16 Å². The van der Waals surface area contributed by atoms with Crippen LogP contribution >= 0.6 is 0 Å². The second-order valence-electron chi connectivity index (χ2n) is 7.06. The first-order chi connectivity index (χ1) is 10.1. The molecule has 1 aromatic rings. The summed E-state index contributed by atoms with van der Waals surface area (Å²) in [5.74, 6) is 0.796. The van der Waals surface area contributed by atoms with E-state index >= 15 is 0 Å². The molecule has 0 saturated heterocycles. The molecule has 1 aromatic carbocycles. The second-order valence-corrected chi connectivity index (χ2v) is 11.8. The van der Waals surface area contributed by atoms with Crippen LogP contribution in [0.1, 0.15) is 27.7 Å². The zero-order valence-electron chi connectivity index (χ0n) is 14.7. The van der Waals surface area contributed by atoms with E-state index in [9.17, 15) is 5.26 Å². The van der Waals surface area contributed by atoms with E-state index in [-0.39, 0.29) is 17.2 Å². The molecule has 5 heteroatoms. The first kappa shape index (κ1) is 18.5. The minimum atomic E-state index is -1.89. The Balaban J connectivity index is 2.76. The van der Waals surface area contributed by atoms with Gasteiger partial charge in [0.15, 0.2) is 8.32 Å². The third-order valence-electron chi connectivity index (χ3n) is 4.31. The lowest BCUT2D eigenvalue weighted by atomic mass is 10.2. The van der Waals surface area contributed by atoms with Gasteiger partial charge in [-0.3, -0.25) is 0 Å². The fourth-order valence-corrected chi connectivity index (χ4v) is 3.25. The maximum Gasteiger partial charge on any atom is 0.192 e. The molecule has 4 nitrogen and oxygen atoms in total. The fourth-order valence-electron chi connectivity index (χ4n) is 1.83. The lowest BCUT2D eigenvalue weighted by Crippen LogP contribution is -2.47. The van der Waals surface area contributed by atoms with Gasteiger partial charge in [0.25, 0.3) is 0 Å². The van der Waals surface area contributed by atoms with Crippen molar-refractivity contribution in [3.05, 3.63) is 24.3 Å². The van der Waals surface area contributed by atoms with Gasteiger partial charge < -0.3 is 14.5 Å². The molecule has 122 valence electrons. The van der Waals surface area contributed by atoms with Crippen molar-refractivity contribution in [2.45, 2.75) is 58.0 Å². The van der Waals surface area contributed by atoms with Crippen LogP contribution in [0, 0.1) is 11.3 Å². The molecular weight excluding hydrogens is 292 g/mol. The minimum Gasteiger partial charge on any atom is -0.497 e. The largest absolute Gasteiger partial charge is 0.497 e. The van der Waals surface area contributed by atoms with Crippen LogP contribution in [0.5, 0.6) is 5.75 Å². The van der Waals surface area contributed by atoms with E-state index in [4.69, 9.17) is 9.16 Å². The number of nitriles is 1. The molecule has 0 spiro atoms. The second kappa shape index (κ2) is 7.17. The minimum absolute atomic E-state index is 0.126. The SMILES string of the molecule is COc1ccc(N[C@@H](C#N)[C@H](C)O[Si](C)(C)C(C)(C)C)cc1. The summed E-state index contributed by atoms with van der Waals surface area (Å²) in [6.45, 7) is 13.0. The van der Waals surface area contributed by atoms with Crippen molar-refractivity contribution in [2.24, 2.45) is 0 Å². The monoisotopic (exact) mass is 320 g/mol. The Bertz CT molecular complexity index is 515. The van der Waals surface area contributed by atoms with Gasteiger partial charge in [0.1, 0.15) is 11.8 Å². The molecule has 1 N–H and O–H groups in total. The van der Waals surface area contributed by atoms with Crippen molar-refractivity contribution in [1.29, 1.82) is 5.26 Å². The maximum absolute atomic E-state index is 9.46. The summed E-state index contributed by atoms with van der Waals surface area (Å²) in [7, 11) is -0.256. The summed E-state index contributed by atoms with van der Waals surface area (Å²) in [4.78, 5) is 0. The molecule has 0 aliphatic heterocycles. The highest BCUT2D eigenvalue weighted by Gasteiger charge is 2.39. The number of anilines is 1. The number of benzene rings is 1. The number of ether oxygens (including phenoxy) is 1. The van der Waals surface area contributed by atoms with Crippen LogP contribution in [0.15, 0.2) is 24.3 Å². The highest BCUT2D eigenvalue weighted by molar-refractivity contribution is 6.74. The van der Waals surface area contributed by atoms with Crippen molar-refractivity contribution >= 4 is 14.0 Å². The molecule has 0 aliphatic carbocycles. The quantitative estimate of drug-likeness (QED) is 0.789. The van der Waals surface area contributed by atoms with Gasteiger partial charge in [-0.05, 0) is 49.3 Å². The van der Waals surface area contributed by atoms with Gasteiger partial charge in [0.05, 0.1) is 19.3 Å². The Morgan fingerprint density at radius 3 is 2.14 bits per heavy atom. The maximum atomic E-state index is 9.46. The Hall–Kier alpha value is -1.51. The molecule has 22 heavy (non-hydrogen) atoms. The molecular formula is C17H28N2O2Si. The first-order valence-corrected chi connectivity index (χ1v) is 10.5. The van der Waals surface area contributed by atoms with Crippen LogP contribution in [0.3, 0.4) is 0 Å². The fraction of sp³-hybridized carbons (Fsp3) is 0.588. The third kappa shape index (κ3) is 4.75. The number of hydrogen-bond acceptors (Lipinski definition) is 4. The Morgan fingerprint density at radius 2 is 1.73 bits per heavy atom. The topological polar surface area (TPSA) is 54.3 Å². The van der Waals surface area contributed by atoms with Gasteiger partial charge in [-0.1, -0.05) is 20.8 Å². The van der Waals surface area contributed by atoms with Crippen LogP contribution in [0.2, 0.25) is 18.1 Å². The van der Waals surface area contributed by atoms with Crippen LogP contribution in [-0.4, -0.2) is 27.6 Å². The molecule has 0 aromatic heterocycles. The molecule has 1 rings (SSSR count). The van der Waals surface area contributed by atoms with Gasteiger partial charge in [-0.2, -0.15) is 5.26 Å². The van der Waals surface area contributed by atoms with Crippen molar-refractivity contribution in [3.63, 3.8) is 0 Å². The zero-order chi connectivity index (χ0) is 17.0. The van der Waals surface area contributed by atoms with E-state index in [1.54, 1.807) is 7.11 Å². The summed E-state index contributed by atoms with van der Waals surface area (Å²) in [5.41, 5.74) is 0.887. The molecule has 0 amide bonds. The van der Waals surface area contributed by atoms with Crippen LogP contribution in [0.25, 0.3) is 0 Å². The molecule has 2 atom stereocenters. The smallest absolute Gasteiger partial charge is 0.192 e. The number of rotatable bonds is 6. The van der Waals surface area contributed by atoms with Crippen LogP contribution < -0.4 is 10.1 Å². The average Bonchev–Trinajstić information content (AvgIpc) is 2.43. The van der Waals surface area contributed by atoms with E-state index in [0.717, 1.165) is 11.4 Å². The predicted molar refractivity (Wildman–Crippen MR) is 93.8 cm³/mol. The summed E-state index contributed by atoms with van der Waals surface area (Å²) in [5, 5.41) is 12.8. The number of methoxy groups -OCH3 is 1. The normalized spacial score (nSPS) is 14.8. The van der Waals surface area contributed by atoms with E-state index in [1.807, 2.05) is 31.2 Å². The van der Waals surface area contributed by atoms with Gasteiger partial charge in [-0.15, -0.1) is 0 Å². The van der Waals surface area contributed by atoms with E-state index in [1.165, 1.54) is 0 Å². The summed E-state index contributed by atoms with van der Waals surface area (Å²) in [6, 6.07) is 9.47. The third-order valence-corrected chi connectivity index (χ3v) is 8.88. The van der Waals surface area contributed by atoms with Crippen molar-refractivity contribution in [1.82, 2.24) is 0 Å². The van der Waals surface area contributed by atoms with Crippen molar-refractivity contribution in [3.8, 4) is 11.8 Å². The van der Waals surface area contributed by atoms with E-state index in [2.05, 4.69) is 45.3 Å². The zero-order valence-corrected chi connectivity index (χ0v) is 15.7. The van der Waals surface area contributed by atoms with Gasteiger partial charge in [0.2, 0.25) is 0 Å². The lowest BCUT2D eigenvalue weighted by molar-refractivity contribution is 0.193. The molecule has 0 saturated carbocycles. The van der Waals surface area contributed by atoms with Gasteiger partial charge >= 0.3 is 0 Å². The average molecular weight is 321 g/mol. The van der Waals surface area contributed by atoms with Crippen molar-refractivity contribution in [2.75, 3.05) is 12.4 Å². The first-order valence-electron chi connectivity index (χ1n) is 7.59. The Morgan fingerprint density at radius 1 is 1.18 bits per heavy atom. The summed E-state index contributed by atoms with van der Waals surface area (Å²) in [6.07, 6.45) is -0.173.